The van der Waals surface area contributed by atoms with Gasteiger partial charge < -0.3 is 35.0 Å². The summed E-state index contributed by atoms with van der Waals surface area (Å²) in [4.78, 5) is 53.8. The number of amides is 4. The molecule has 1 aliphatic heterocycles. The lowest BCUT2D eigenvalue weighted by molar-refractivity contribution is -0.149. The van der Waals surface area contributed by atoms with Crippen molar-refractivity contribution in [2.75, 3.05) is 40.9 Å². The molecule has 7 unspecified atom stereocenters. The number of benzene rings is 1. The number of likely N-dealkylation sites (N-methyl/N-ethyl adjacent to an activating group) is 1. The molecule has 0 saturated carbocycles. The van der Waals surface area contributed by atoms with E-state index >= 15 is 0 Å². The van der Waals surface area contributed by atoms with Gasteiger partial charge in [0.05, 0.1) is 49.3 Å². The molecule has 11 heteroatoms. The Morgan fingerprint density at radius 3 is 2.43 bits per heavy atom. The number of likely N-dealkylation sites (tertiary alicyclic amines) is 1. The smallest absolute Gasteiger partial charge is 0.242 e. The number of hydrogen-bond donors (Lipinski definition) is 3. The number of carbonyl (C=O) groups excluding carboxylic acids is 4. The van der Waals surface area contributed by atoms with Gasteiger partial charge in [0.1, 0.15) is 0 Å². The third kappa shape index (κ3) is 9.50. The Morgan fingerprint density at radius 1 is 1.14 bits per heavy atom. The van der Waals surface area contributed by atoms with Gasteiger partial charge in [-0.3, -0.25) is 19.2 Å². The van der Waals surface area contributed by atoms with E-state index in [4.69, 9.17) is 9.47 Å². The molecule has 1 aromatic carbocycles. The molecule has 4 amide bonds. The summed E-state index contributed by atoms with van der Waals surface area (Å²) in [5.74, 6) is -1.19. The first-order valence-electron chi connectivity index (χ1n) is 14.9. The monoisotopic (exact) mass is 590 g/mol. The second-order valence-corrected chi connectivity index (χ2v) is 11.2. The first-order valence-corrected chi connectivity index (χ1v) is 14.9. The first kappa shape index (κ1) is 35.2. The maximum absolute atomic E-state index is 13.8. The predicted molar refractivity (Wildman–Crippen MR) is 159 cm³/mol. The van der Waals surface area contributed by atoms with E-state index in [1.54, 1.807) is 43.0 Å². The van der Waals surface area contributed by atoms with Crippen LogP contribution in [0.15, 0.2) is 30.3 Å². The van der Waals surface area contributed by atoms with Crippen LogP contribution in [0.2, 0.25) is 0 Å². The van der Waals surface area contributed by atoms with Crippen LogP contribution >= 0.6 is 0 Å². The Bertz CT molecular complexity index is 995. The molecule has 0 aromatic heterocycles. The second kappa shape index (κ2) is 17.8. The summed E-state index contributed by atoms with van der Waals surface area (Å²) in [7, 11) is 4.76. The van der Waals surface area contributed by atoms with Gasteiger partial charge in [-0.15, -0.1) is 0 Å². The van der Waals surface area contributed by atoms with Crippen LogP contribution in [0.5, 0.6) is 0 Å². The van der Waals surface area contributed by atoms with Crippen LogP contribution in [-0.4, -0.2) is 104 Å². The summed E-state index contributed by atoms with van der Waals surface area (Å²) in [6.07, 6.45) is 1.79. The van der Waals surface area contributed by atoms with Gasteiger partial charge in [-0.05, 0) is 30.7 Å². The molecular weight excluding hydrogens is 540 g/mol. The predicted octanol–water partition coefficient (Wildman–Crippen LogP) is 1.89. The summed E-state index contributed by atoms with van der Waals surface area (Å²) in [6.45, 7) is 6.27. The zero-order valence-electron chi connectivity index (χ0n) is 26.0. The van der Waals surface area contributed by atoms with E-state index in [2.05, 4.69) is 10.6 Å². The zero-order valence-corrected chi connectivity index (χ0v) is 26.0. The van der Waals surface area contributed by atoms with Gasteiger partial charge in [-0.25, -0.2) is 0 Å². The highest BCUT2D eigenvalue weighted by Gasteiger charge is 2.40. The van der Waals surface area contributed by atoms with Crippen LogP contribution < -0.4 is 10.6 Å². The Kier molecular flexibility index (Phi) is 14.9. The number of aliphatic hydroxyl groups is 1. The number of methoxy groups -OCH3 is 2. The average molecular weight is 591 g/mol. The number of carbonyl (C=O) groups is 4. The molecule has 0 spiro atoms. The molecule has 1 aliphatic rings. The highest BCUT2D eigenvalue weighted by Crippen LogP contribution is 2.28. The van der Waals surface area contributed by atoms with Crippen molar-refractivity contribution in [3.63, 3.8) is 0 Å². The lowest BCUT2D eigenvalue weighted by Crippen LogP contribution is -2.56. The first-order chi connectivity index (χ1) is 20.1. The number of aliphatic hydroxyl groups excluding tert-OH is 1. The van der Waals surface area contributed by atoms with Gasteiger partial charge in [0.25, 0.3) is 0 Å². The molecule has 1 aromatic rings. The second-order valence-electron chi connectivity index (χ2n) is 11.2. The lowest BCUT2D eigenvalue weighted by atomic mass is 9.87. The van der Waals surface area contributed by atoms with Crippen LogP contribution in [0, 0.1) is 11.8 Å². The van der Waals surface area contributed by atoms with Crippen molar-refractivity contribution in [2.24, 2.45) is 11.8 Å². The van der Waals surface area contributed by atoms with Crippen molar-refractivity contribution in [3.05, 3.63) is 35.9 Å². The van der Waals surface area contributed by atoms with Crippen molar-refractivity contribution in [1.29, 1.82) is 0 Å². The quantitative estimate of drug-likeness (QED) is 0.236. The van der Waals surface area contributed by atoms with E-state index in [-0.39, 0.29) is 55.2 Å². The summed E-state index contributed by atoms with van der Waals surface area (Å²) < 4.78 is 11.7. The third-order valence-corrected chi connectivity index (χ3v) is 8.54. The van der Waals surface area contributed by atoms with E-state index in [1.165, 1.54) is 7.11 Å². The van der Waals surface area contributed by atoms with Gasteiger partial charge >= 0.3 is 0 Å². The number of nitrogens with zero attached hydrogens (tertiary/aromatic N) is 2. The molecule has 0 radical (unpaired) electrons. The van der Waals surface area contributed by atoms with Crippen molar-refractivity contribution in [3.8, 4) is 0 Å². The molecular formula is C31H50N4O7. The maximum Gasteiger partial charge on any atom is 0.242 e. The Balaban J connectivity index is 2.15. The van der Waals surface area contributed by atoms with Crippen LogP contribution in [0.1, 0.15) is 64.5 Å². The van der Waals surface area contributed by atoms with Crippen molar-refractivity contribution < 1.29 is 33.8 Å². The molecule has 0 aliphatic carbocycles. The van der Waals surface area contributed by atoms with E-state index in [9.17, 15) is 24.3 Å². The SMILES string of the molecule is CCC(C)C(C(CC(=O)N1CCCCC1C(OC)C(C)C(=O)NCC(O)c1ccccc1)OC)N(C)C(=O)CNC=O. The minimum absolute atomic E-state index is 0.0340. The van der Waals surface area contributed by atoms with Gasteiger partial charge in [-0.2, -0.15) is 0 Å². The summed E-state index contributed by atoms with van der Waals surface area (Å²) in [5, 5.41) is 15.7. The van der Waals surface area contributed by atoms with Crippen molar-refractivity contribution >= 4 is 24.1 Å². The van der Waals surface area contributed by atoms with E-state index in [1.807, 2.05) is 32.0 Å². The number of rotatable bonds is 17. The molecule has 1 fully saturated rings. The van der Waals surface area contributed by atoms with Gasteiger partial charge in [0, 0.05) is 34.4 Å². The Hall–Kier alpha value is -3.02. The van der Waals surface area contributed by atoms with Crippen LogP contribution in [0.4, 0.5) is 0 Å². The highest BCUT2D eigenvalue weighted by molar-refractivity contribution is 5.81. The molecule has 42 heavy (non-hydrogen) atoms. The number of nitrogens with one attached hydrogen (secondary N) is 2. The summed E-state index contributed by atoms with van der Waals surface area (Å²) in [6, 6.07) is 8.44. The van der Waals surface area contributed by atoms with Crippen LogP contribution in [-0.2, 0) is 28.7 Å². The van der Waals surface area contributed by atoms with E-state index in [0.717, 1.165) is 19.3 Å². The molecule has 236 valence electrons. The Labute approximate surface area is 250 Å². The fraction of sp³-hybridized carbons (Fsp3) is 0.677. The van der Waals surface area contributed by atoms with E-state index < -0.39 is 24.2 Å². The largest absolute Gasteiger partial charge is 0.387 e. The molecule has 3 N–H and O–H groups in total. The van der Waals surface area contributed by atoms with Crippen LogP contribution in [0.3, 0.4) is 0 Å². The topological polar surface area (TPSA) is 138 Å². The molecule has 1 heterocycles. The third-order valence-electron chi connectivity index (χ3n) is 8.54. The van der Waals surface area contributed by atoms with Crippen LogP contribution in [0.25, 0.3) is 0 Å². The summed E-state index contributed by atoms with van der Waals surface area (Å²) >= 11 is 0. The molecule has 0 bridgehead atoms. The fourth-order valence-corrected chi connectivity index (χ4v) is 5.90. The number of ether oxygens (including phenoxy) is 2. The fourth-order valence-electron chi connectivity index (χ4n) is 5.90. The maximum atomic E-state index is 13.8. The normalized spacial score (nSPS) is 19.5. The summed E-state index contributed by atoms with van der Waals surface area (Å²) in [5.41, 5.74) is 0.716. The van der Waals surface area contributed by atoms with Gasteiger partial charge in [0.2, 0.25) is 24.1 Å². The van der Waals surface area contributed by atoms with E-state index in [0.29, 0.717) is 24.9 Å². The molecule has 1 saturated heterocycles. The lowest BCUT2D eigenvalue weighted by Gasteiger charge is -2.43. The molecule has 7 atom stereocenters. The number of hydrogen-bond acceptors (Lipinski definition) is 7. The zero-order chi connectivity index (χ0) is 31.2. The number of piperidine rings is 1. The minimum Gasteiger partial charge on any atom is -0.387 e. The average Bonchev–Trinajstić information content (AvgIpc) is 3.02. The standard InChI is InChI=1S/C31H50N4O7/c1-7-21(2)29(34(4)28(39)19-32-20-36)26(41-5)17-27(38)35-16-12-11-15-24(35)30(42-6)22(3)31(40)33-18-25(37)23-13-9-8-10-14-23/h8-10,13-14,20-22,24-26,29-30,37H,7,11-12,15-19H2,1-6H3,(H,32,36)(H,33,40). The molecule has 11 nitrogen and oxygen atoms in total. The highest BCUT2D eigenvalue weighted by atomic mass is 16.5. The van der Waals surface area contributed by atoms with Gasteiger partial charge in [-0.1, -0.05) is 57.5 Å². The van der Waals surface area contributed by atoms with Crippen molar-refractivity contribution in [2.45, 2.75) is 83.3 Å². The Morgan fingerprint density at radius 2 is 1.83 bits per heavy atom. The minimum atomic E-state index is -0.834. The molecule has 2 rings (SSSR count). The van der Waals surface area contributed by atoms with Crippen molar-refractivity contribution in [1.82, 2.24) is 20.4 Å². The van der Waals surface area contributed by atoms with Gasteiger partial charge in [0.15, 0.2) is 0 Å².